The summed E-state index contributed by atoms with van der Waals surface area (Å²) in [5.74, 6) is 2.28. The Morgan fingerprint density at radius 2 is 1.81 bits per heavy atom. The van der Waals surface area contributed by atoms with E-state index in [-0.39, 0.29) is 5.91 Å². The zero-order chi connectivity index (χ0) is 25.1. The monoisotopic (exact) mass is 502 g/mol. The Bertz CT molecular complexity index is 1420. The molecule has 0 bridgehead atoms. The third-order valence-corrected chi connectivity index (χ3v) is 6.82. The molecule has 1 amide bonds. The number of nitrogens with one attached hydrogen (secondary N) is 2. The summed E-state index contributed by atoms with van der Waals surface area (Å²) in [6.07, 6.45) is 7.66. The van der Waals surface area contributed by atoms with Crippen LogP contribution >= 0.6 is 11.3 Å². The number of methoxy groups -OCH3 is 3. The van der Waals surface area contributed by atoms with E-state index < -0.39 is 0 Å². The molecule has 1 aliphatic carbocycles. The van der Waals surface area contributed by atoms with E-state index in [0.717, 1.165) is 39.9 Å². The van der Waals surface area contributed by atoms with Crippen LogP contribution < -0.4 is 24.8 Å². The molecule has 0 unspecified atom stereocenters. The number of carbonyl (C=O) groups is 1. The van der Waals surface area contributed by atoms with Crippen LogP contribution in [0.1, 0.15) is 34.3 Å². The minimum atomic E-state index is -0.0241. The Kier molecular flexibility index (Phi) is 6.73. The van der Waals surface area contributed by atoms with Gasteiger partial charge in [-0.25, -0.2) is 9.97 Å². The molecule has 0 spiro atoms. The van der Waals surface area contributed by atoms with Crippen LogP contribution in [0.4, 0.5) is 11.5 Å². The number of thiophene rings is 1. The first-order chi connectivity index (χ1) is 17.6. The number of fused-ring (bicyclic) bond motifs is 1. The average molecular weight is 503 g/mol. The van der Waals surface area contributed by atoms with E-state index in [2.05, 4.69) is 20.6 Å². The Labute approximate surface area is 212 Å². The summed E-state index contributed by atoms with van der Waals surface area (Å²) in [6.45, 7) is 0. The predicted octanol–water partition coefficient (Wildman–Crippen LogP) is 5.52. The van der Waals surface area contributed by atoms with E-state index in [1.807, 2.05) is 53.9 Å². The first kappa shape index (κ1) is 23.6. The highest BCUT2D eigenvalue weighted by Gasteiger charge is 2.23. The van der Waals surface area contributed by atoms with Gasteiger partial charge in [0, 0.05) is 40.4 Å². The predicted molar refractivity (Wildman–Crippen MR) is 143 cm³/mol. The minimum absolute atomic E-state index is 0.0241. The molecule has 36 heavy (non-hydrogen) atoms. The summed E-state index contributed by atoms with van der Waals surface area (Å²) in [5, 5.41) is 8.42. The number of aromatic nitrogens is 2. The number of anilines is 2. The molecule has 2 N–H and O–H groups in total. The molecule has 2 aromatic carbocycles. The number of ether oxygens (including phenoxy) is 3. The number of carbonyl (C=O) groups excluding carboxylic acids is 1. The van der Waals surface area contributed by atoms with Crippen LogP contribution in [-0.2, 0) is 0 Å². The van der Waals surface area contributed by atoms with Crippen molar-refractivity contribution in [3.05, 3.63) is 64.8 Å². The molecule has 2 heterocycles. The number of rotatable bonds is 9. The van der Waals surface area contributed by atoms with Crippen LogP contribution in [0, 0.1) is 0 Å². The first-order valence-corrected chi connectivity index (χ1v) is 12.4. The van der Waals surface area contributed by atoms with Gasteiger partial charge in [0.25, 0.3) is 5.91 Å². The van der Waals surface area contributed by atoms with Gasteiger partial charge >= 0.3 is 0 Å². The fourth-order valence-electron chi connectivity index (χ4n) is 3.83. The Morgan fingerprint density at radius 1 is 1.03 bits per heavy atom. The quantitative estimate of drug-likeness (QED) is 0.311. The summed E-state index contributed by atoms with van der Waals surface area (Å²) in [7, 11) is 4.73. The molecule has 1 fully saturated rings. The lowest BCUT2D eigenvalue weighted by atomic mass is 10.1. The lowest BCUT2D eigenvalue weighted by Crippen LogP contribution is -2.25. The van der Waals surface area contributed by atoms with Gasteiger partial charge in [0.2, 0.25) is 5.75 Å². The second-order valence-corrected chi connectivity index (χ2v) is 9.22. The molecule has 1 aliphatic rings. The van der Waals surface area contributed by atoms with Crippen LogP contribution in [0.15, 0.2) is 48.1 Å². The second-order valence-electron chi connectivity index (χ2n) is 8.34. The van der Waals surface area contributed by atoms with Crippen LogP contribution in [0.3, 0.4) is 0 Å². The normalized spacial score (nSPS) is 13.1. The maximum absolute atomic E-state index is 12.4. The SMILES string of the molecule is COc1cc(Nc2ncnc3c(C=Cc4cccc(C(=O)NC5CC5)c4)csc23)cc(OC)c1OC. The molecule has 0 radical (unpaired) electrons. The number of amides is 1. The van der Waals surface area contributed by atoms with Gasteiger partial charge < -0.3 is 24.8 Å². The molecule has 0 aliphatic heterocycles. The molecule has 9 heteroatoms. The van der Waals surface area contributed by atoms with Crippen LogP contribution in [0.25, 0.3) is 22.4 Å². The van der Waals surface area contributed by atoms with Crippen molar-refractivity contribution in [3.8, 4) is 17.2 Å². The molecule has 184 valence electrons. The number of hydrogen-bond donors (Lipinski definition) is 2. The molecular formula is C27H26N4O4S. The molecule has 0 atom stereocenters. The molecule has 8 nitrogen and oxygen atoms in total. The van der Waals surface area contributed by atoms with Gasteiger partial charge in [0.15, 0.2) is 17.3 Å². The standard InChI is InChI=1S/C27H26N4O4S/c1-33-21-12-20(13-22(34-2)24(21)35-3)30-26-25-23(28-15-29-26)18(14-36-25)8-7-16-5-4-6-17(11-16)27(32)31-19-9-10-19/h4-8,11-15,19H,9-10H2,1-3H3,(H,31,32)(H,28,29,30). The smallest absolute Gasteiger partial charge is 0.251 e. The summed E-state index contributed by atoms with van der Waals surface area (Å²) in [4.78, 5) is 21.3. The zero-order valence-electron chi connectivity index (χ0n) is 20.2. The molecule has 5 rings (SSSR count). The van der Waals surface area contributed by atoms with Gasteiger partial charge in [0.05, 0.1) is 31.5 Å². The summed E-state index contributed by atoms with van der Waals surface area (Å²) >= 11 is 1.55. The summed E-state index contributed by atoms with van der Waals surface area (Å²) in [5.41, 5.74) is 4.17. The van der Waals surface area contributed by atoms with Gasteiger partial charge in [-0.1, -0.05) is 24.3 Å². The Hall–Kier alpha value is -4.11. The Morgan fingerprint density at radius 3 is 2.50 bits per heavy atom. The highest BCUT2D eigenvalue weighted by molar-refractivity contribution is 7.18. The lowest BCUT2D eigenvalue weighted by Gasteiger charge is -2.15. The molecule has 2 aromatic heterocycles. The average Bonchev–Trinajstić information content (AvgIpc) is 3.63. The Balaban J connectivity index is 1.40. The second kappa shape index (κ2) is 10.2. The van der Waals surface area contributed by atoms with E-state index in [0.29, 0.717) is 34.7 Å². The maximum Gasteiger partial charge on any atom is 0.251 e. The third-order valence-electron chi connectivity index (χ3n) is 5.83. The fourth-order valence-corrected chi connectivity index (χ4v) is 4.77. The van der Waals surface area contributed by atoms with Crippen molar-refractivity contribution >= 4 is 51.1 Å². The van der Waals surface area contributed by atoms with Crippen LogP contribution in [0.5, 0.6) is 17.2 Å². The summed E-state index contributed by atoms with van der Waals surface area (Å²) in [6, 6.07) is 11.6. The maximum atomic E-state index is 12.4. The van der Waals surface area contributed by atoms with Gasteiger partial charge in [-0.3, -0.25) is 4.79 Å². The highest BCUT2D eigenvalue weighted by atomic mass is 32.1. The van der Waals surface area contributed by atoms with Gasteiger partial charge in [-0.2, -0.15) is 0 Å². The van der Waals surface area contributed by atoms with Gasteiger partial charge in [0.1, 0.15) is 6.33 Å². The molecule has 0 saturated heterocycles. The number of benzene rings is 2. The van der Waals surface area contributed by atoms with Crippen molar-refractivity contribution in [2.24, 2.45) is 0 Å². The van der Waals surface area contributed by atoms with Gasteiger partial charge in [-0.15, -0.1) is 11.3 Å². The van der Waals surface area contributed by atoms with Crippen molar-refractivity contribution in [2.75, 3.05) is 26.6 Å². The van der Waals surface area contributed by atoms with Crippen LogP contribution in [0.2, 0.25) is 0 Å². The van der Waals surface area contributed by atoms with E-state index in [1.54, 1.807) is 32.7 Å². The third kappa shape index (κ3) is 4.96. The van der Waals surface area contributed by atoms with Crippen molar-refractivity contribution in [2.45, 2.75) is 18.9 Å². The molecular weight excluding hydrogens is 476 g/mol. The summed E-state index contributed by atoms with van der Waals surface area (Å²) < 4.78 is 17.2. The number of nitrogens with zero attached hydrogens (tertiary/aromatic N) is 2. The highest BCUT2D eigenvalue weighted by Crippen LogP contribution is 2.41. The molecule has 1 saturated carbocycles. The minimum Gasteiger partial charge on any atom is -0.493 e. The number of hydrogen-bond acceptors (Lipinski definition) is 8. The van der Waals surface area contributed by atoms with E-state index >= 15 is 0 Å². The van der Waals surface area contributed by atoms with Crippen molar-refractivity contribution in [3.63, 3.8) is 0 Å². The van der Waals surface area contributed by atoms with Gasteiger partial charge in [-0.05, 0) is 30.5 Å². The van der Waals surface area contributed by atoms with Crippen molar-refractivity contribution in [1.82, 2.24) is 15.3 Å². The largest absolute Gasteiger partial charge is 0.493 e. The topological polar surface area (TPSA) is 94.6 Å². The first-order valence-electron chi connectivity index (χ1n) is 11.5. The van der Waals surface area contributed by atoms with Crippen molar-refractivity contribution < 1.29 is 19.0 Å². The van der Waals surface area contributed by atoms with Crippen LogP contribution in [-0.4, -0.2) is 43.2 Å². The van der Waals surface area contributed by atoms with Crippen molar-refractivity contribution in [1.29, 1.82) is 0 Å². The van der Waals surface area contributed by atoms with E-state index in [4.69, 9.17) is 14.2 Å². The lowest BCUT2D eigenvalue weighted by molar-refractivity contribution is 0.0951. The molecule has 4 aromatic rings. The van der Waals surface area contributed by atoms with E-state index in [9.17, 15) is 4.79 Å². The fraction of sp³-hybridized carbons (Fsp3) is 0.222. The van der Waals surface area contributed by atoms with E-state index in [1.165, 1.54) is 6.33 Å². The zero-order valence-corrected chi connectivity index (χ0v) is 21.0.